The van der Waals surface area contributed by atoms with Gasteiger partial charge in [0.2, 0.25) is 5.69 Å². The zero-order chi connectivity index (χ0) is 14.7. The minimum absolute atomic E-state index is 0.201. The predicted molar refractivity (Wildman–Crippen MR) is 92.6 cm³/mol. The molecule has 0 saturated heterocycles. The molecule has 0 amide bonds. The molecule has 0 aliphatic carbocycles. The first-order chi connectivity index (χ1) is 8.99. The largest absolute Gasteiger partial charge is 0.318 e. The fourth-order valence-electron chi connectivity index (χ4n) is 1.93. The van der Waals surface area contributed by atoms with Gasteiger partial charge in [0, 0.05) is 0 Å². The number of hydrogen-bond donors (Lipinski definition) is 1. The van der Waals surface area contributed by atoms with Gasteiger partial charge in [0.25, 0.3) is 0 Å². The Balaban J connectivity index is 4.29. The number of unbranched alkanes of at least 4 members (excludes halogenated alkanes) is 2. The standard InChI is InChI=1S/C14H31O2PS2/c1-5-9-11-13(7-3)15-17(18,19)16-14(8-4)12-10-6-2/h13-14H,5-12H2,1-4H3,(H,18,19). The van der Waals surface area contributed by atoms with Gasteiger partial charge in [0.05, 0.1) is 12.2 Å². The van der Waals surface area contributed by atoms with Crippen molar-refractivity contribution in [2.75, 3.05) is 0 Å². The van der Waals surface area contributed by atoms with Crippen LogP contribution < -0.4 is 0 Å². The van der Waals surface area contributed by atoms with Gasteiger partial charge in [-0.1, -0.05) is 65.6 Å². The Morgan fingerprint density at radius 2 is 1.26 bits per heavy atom. The topological polar surface area (TPSA) is 18.5 Å². The van der Waals surface area contributed by atoms with Crippen molar-refractivity contribution in [2.45, 2.75) is 91.3 Å². The van der Waals surface area contributed by atoms with Gasteiger partial charge in [-0.15, -0.1) is 0 Å². The molecule has 0 aliphatic rings. The summed E-state index contributed by atoms with van der Waals surface area (Å²) in [6, 6.07) is 0. The maximum absolute atomic E-state index is 5.97. The van der Waals surface area contributed by atoms with Crippen molar-refractivity contribution in [2.24, 2.45) is 0 Å². The molecule has 0 heterocycles. The number of hydrogen-bond acceptors (Lipinski definition) is 3. The summed E-state index contributed by atoms with van der Waals surface area (Å²) in [4.78, 5) is 0. The molecule has 0 aromatic heterocycles. The molecular weight excluding hydrogens is 295 g/mol. The average Bonchev–Trinajstić information content (AvgIpc) is 2.39. The Morgan fingerprint density at radius 3 is 1.53 bits per heavy atom. The van der Waals surface area contributed by atoms with Crippen molar-refractivity contribution >= 4 is 29.7 Å². The molecule has 19 heavy (non-hydrogen) atoms. The van der Waals surface area contributed by atoms with Crippen LogP contribution in [0.4, 0.5) is 0 Å². The van der Waals surface area contributed by atoms with Gasteiger partial charge in [0.15, 0.2) is 0 Å². The lowest BCUT2D eigenvalue weighted by Gasteiger charge is -2.27. The van der Waals surface area contributed by atoms with E-state index in [1.807, 2.05) is 0 Å². The second-order valence-electron chi connectivity index (χ2n) is 5.02. The SMILES string of the molecule is CCCCC(CC)OP(=S)(S)OC(CC)CCCC. The van der Waals surface area contributed by atoms with Crippen LogP contribution in [0, 0.1) is 0 Å². The van der Waals surface area contributed by atoms with E-state index in [2.05, 4.69) is 39.9 Å². The van der Waals surface area contributed by atoms with Gasteiger partial charge in [0.1, 0.15) is 0 Å². The van der Waals surface area contributed by atoms with E-state index in [9.17, 15) is 0 Å². The summed E-state index contributed by atoms with van der Waals surface area (Å²) in [6.45, 7) is 8.66. The lowest BCUT2D eigenvalue weighted by molar-refractivity contribution is 0.133. The number of thiol groups is 1. The van der Waals surface area contributed by atoms with E-state index in [-0.39, 0.29) is 12.2 Å². The highest BCUT2D eigenvalue weighted by Gasteiger charge is 2.22. The quantitative estimate of drug-likeness (QED) is 0.345. The molecule has 2 unspecified atom stereocenters. The summed E-state index contributed by atoms with van der Waals surface area (Å²) in [5.41, 5.74) is -2.39. The third-order valence-corrected chi connectivity index (χ3v) is 5.45. The summed E-state index contributed by atoms with van der Waals surface area (Å²) in [7, 11) is 0. The highest BCUT2D eigenvalue weighted by Crippen LogP contribution is 2.56. The average molecular weight is 327 g/mol. The van der Waals surface area contributed by atoms with E-state index in [1.165, 1.54) is 25.7 Å². The molecule has 0 saturated carbocycles. The molecule has 0 radical (unpaired) electrons. The summed E-state index contributed by atoms with van der Waals surface area (Å²) in [5.74, 6) is 0. The molecule has 0 bridgehead atoms. The van der Waals surface area contributed by atoms with Crippen molar-refractivity contribution in [3.63, 3.8) is 0 Å². The van der Waals surface area contributed by atoms with Crippen LogP contribution in [0.1, 0.15) is 79.1 Å². The number of rotatable bonds is 12. The zero-order valence-corrected chi connectivity index (χ0v) is 15.5. The molecule has 116 valence electrons. The van der Waals surface area contributed by atoms with E-state index < -0.39 is 5.69 Å². The second-order valence-corrected chi connectivity index (χ2v) is 10.2. The van der Waals surface area contributed by atoms with Gasteiger partial charge in [-0.3, -0.25) is 0 Å². The fraction of sp³-hybridized carbons (Fsp3) is 1.00. The molecule has 0 N–H and O–H groups in total. The summed E-state index contributed by atoms with van der Waals surface area (Å²) in [6.07, 6.45) is 9.20. The molecule has 0 fully saturated rings. The van der Waals surface area contributed by atoms with Crippen LogP contribution in [-0.2, 0) is 20.9 Å². The van der Waals surface area contributed by atoms with Gasteiger partial charge >= 0.3 is 0 Å². The Morgan fingerprint density at radius 1 is 0.895 bits per heavy atom. The third kappa shape index (κ3) is 10.3. The van der Waals surface area contributed by atoms with Crippen LogP contribution in [0.2, 0.25) is 0 Å². The Kier molecular flexibility index (Phi) is 12.1. The first-order valence-corrected chi connectivity index (χ1v) is 11.5. The first-order valence-electron chi connectivity index (χ1n) is 7.68. The van der Waals surface area contributed by atoms with Crippen molar-refractivity contribution in [1.29, 1.82) is 0 Å². The molecule has 0 aromatic rings. The molecule has 2 atom stereocenters. The normalized spacial score (nSPS) is 17.9. The monoisotopic (exact) mass is 326 g/mol. The van der Waals surface area contributed by atoms with E-state index in [0.717, 1.165) is 25.7 Å². The van der Waals surface area contributed by atoms with Crippen LogP contribution in [0.5, 0.6) is 0 Å². The molecule has 0 rings (SSSR count). The van der Waals surface area contributed by atoms with Gasteiger partial charge in [-0.05, 0) is 37.5 Å². The van der Waals surface area contributed by atoms with Crippen molar-refractivity contribution in [3.8, 4) is 0 Å². The molecule has 2 nitrogen and oxygen atoms in total. The van der Waals surface area contributed by atoms with Gasteiger partial charge in [-0.25, -0.2) is 0 Å². The fourth-order valence-corrected chi connectivity index (χ4v) is 4.77. The summed E-state index contributed by atoms with van der Waals surface area (Å²) < 4.78 is 11.9. The van der Waals surface area contributed by atoms with Crippen LogP contribution in [-0.4, -0.2) is 12.2 Å². The maximum atomic E-state index is 5.97. The third-order valence-electron chi connectivity index (χ3n) is 3.23. The van der Waals surface area contributed by atoms with Crippen LogP contribution in [0.25, 0.3) is 0 Å². The second kappa shape index (κ2) is 11.6. The zero-order valence-electron chi connectivity index (χ0n) is 12.9. The maximum Gasteiger partial charge on any atom is 0.244 e. The highest BCUT2D eigenvalue weighted by molar-refractivity contribution is 8.60. The van der Waals surface area contributed by atoms with Crippen LogP contribution >= 0.6 is 17.9 Å². The molecule has 0 aliphatic heterocycles. The lowest BCUT2D eigenvalue weighted by atomic mass is 10.1. The Hall–Kier alpha value is 0.920. The van der Waals surface area contributed by atoms with E-state index in [0.29, 0.717) is 0 Å². The van der Waals surface area contributed by atoms with E-state index >= 15 is 0 Å². The smallest absolute Gasteiger partial charge is 0.244 e. The molecule has 0 spiro atoms. The highest BCUT2D eigenvalue weighted by atomic mass is 32.9. The Bertz CT molecular complexity index is 240. The first kappa shape index (κ1) is 19.9. The predicted octanol–water partition coefficient (Wildman–Crippen LogP) is 6.11. The minimum atomic E-state index is -2.39. The summed E-state index contributed by atoms with van der Waals surface area (Å²) >= 11 is 9.96. The van der Waals surface area contributed by atoms with Crippen molar-refractivity contribution in [3.05, 3.63) is 0 Å². The van der Waals surface area contributed by atoms with Gasteiger partial charge < -0.3 is 9.05 Å². The van der Waals surface area contributed by atoms with Crippen molar-refractivity contribution in [1.82, 2.24) is 0 Å². The minimum Gasteiger partial charge on any atom is -0.318 e. The molecular formula is C14H31O2PS2. The Labute approximate surface area is 130 Å². The van der Waals surface area contributed by atoms with Crippen LogP contribution in [0.15, 0.2) is 0 Å². The van der Waals surface area contributed by atoms with E-state index in [1.54, 1.807) is 0 Å². The molecule has 0 aromatic carbocycles. The summed E-state index contributed by atoms with van der Waals surface area (Å²) in [5, 5.41) is 0. The van der Waals surface area contributed by atoms with Crippen molar-refractivity contribution < 1.29 is 9.05 Å². The van der Waals surface area contributed by atoms with E-state index in [4.69, 9.17) is 20.9 Å². The molecule has 5 heteroatoms. The van der Waals surface area contributed by atoms with Gasteiger partial charge in [-0.2, -0.15) is 0 Å². The lowest BCUT2D eigenvalue weighted by Crippen LogP contribution is -2.14. The van der Waals surface area contributed by atoms with Crippen LogP contribution in [0.3, 0.4) is 0 Å².